The summed E-state index contributed by atoms with van der Waals surface area (Å²) >= 11 is 0. The second-order valence-corrected chi connectivity index (χ2v) is 3.31. The van der Waals surface area contributed by atoms with Crippen LogP contribution in [0.1, 0.15) is 12.0 Å². The highest BCUT2D eigenvalue weighted by Gasteiger charge is 2.05. The predicted molar refractivity (Wildman–Crippen MR) is 57.2 cm³/mol. The summed E-state index contributed by atoms with van der Waals surface area (Å²) in [6, 6.07) is 8.70. The summed E-state index contributed by atoms with van der Waals surface area (Å²) < 4.78 is 12.1. The molecular formula is C12H12FN2. The zero-order valence-corrected chi connectivity index (χ0v) is 8.33. The third kappa shape index (κ3) is 2.24. The van der Waals surface area contributed by atoms with E-state index in [0.29, 0.717) is 6.42 Å². The van der Waals surface area contributed by atoms with Gasteiger partial charge in [0, 0.05) is 18.0 Å². The Kier molecular flexibility index (Phi) is 3.12. The molecule has 0 spiro atoms. The van der Waals surface area contributed by atoms with Gasteiger partial charge in [-0.25, -0.2) is 4.98 Å². The zero-order chi connectivity index (χ0) is 10.5. The van der Waals surface area contributed by atoms with Crippen LogP contribution in [0.3, 0.4) is 0 Å². The van der Waals surface area contributed by atoms with Crippen molar-refractivity contribution in [1.82, 2.24) is 9.97 Å². The van der Waals surface area contributed by atoms with Crippen LogP contribution in [0.15, 0.2) is 30.6 Å². The van der Waals surface area contributed by atoms with Crippen molar-refractivity contribution in [1.29, 1.82) is 0 Å². The topological polar surface area (TPSA) is 28.7 Å². The first-order valence-corrected chi connectivity index (χ1v) is 4.96. The normalized spacial score (nSPS) is 10.5. The molecule has 0 unspecified atom stereocenters. The summed E-state index contributed by atoms with van der Waals surface area (Å²) in [6.07, 6.45) is 4.77. The van der Waals surface area contributed by atoms with Crippen molar-refractivity contribution in [2.75, 3.05) is 6.67 Å². The lowest BCUT2D eigenvalue weighted by atomic mass is 10.0. The number of halogens is 1. The molecule has 2 rings (SSSR count). The number of hydrogen-bond acceptors (Lipinski definition) is 1. The Morgan fingerprint density at radius 1 is 1.47 bits per heavy atom. The predicted octanol–water partition coefficient (Wildman–Crippen LogP) is 2.78. The monoisotopic (exact) mass is 203 g/mol. The summed E-state index contributed by atoms with van der Waals surface area (Å²) in [4.78, 5) is 7.24. The van der Waals surface area contributed by atoms with E-state index in [4.69, 9.17) is 0 Å². The van der Waals surface area contributed by atoms with Crippen LogP contribution >= 0.6 is 0 Å². The van der Waals surface area contributed by atoms with Crippen LogP contribution in [0.2, 0.25) is 0 Å². The smallest absolute Gasteiger partial charge is 0.137 e. The number of aromatic amines is 1. The van der Waals surface area contributed by atoms with E-state index in [1.54, 1.807) is 12.4 Å². The van der Waals surface area contributed by atoms with Gasteiger partial charge in [-0.3, -0.25) is 4.39 Å². The van der Waals surface area contributed by atoms with Crippen LogP contribution in [0.25, 0.3) is 11.4 Å². The average molecular weight is 203 g/mol. The molecule has 2 aromatic rings. The maximum Gasteiger partial charge on any atom is 0.137 e. The second kappa shape index (κ2) is 4.73. The summed E-state index contributed by atoms with van der Waals surface area (Å²) in [7, 11) is 0. The standard InChI is InChI=1S/C12H12FN2/c13-7-3-5-10-4-1-2-6-11(10)12-14-8-9-15-12/h2,4,6,8-9H,3,5,7H2,(H,14,15). The van der Waals surface area contributed by atoms with E-state index in [0.717, 1.165) is 23.4 Å². The molecule has 0 saturated carbocycles. The number of aromatic nitrogens is 2. The Bertz CT molecular complexity index is 409. The largest absolute Gasteiger partial charge is 0.345 e. The van der Waals surface area contributed by atoms with Gasteiger partial charge in [0.25, 0.3) is 0 Å². The fraction of sp³-hybridized carbons (Fsp3) is 0.250. The summed E-state index contributed by atoms with van der Waals surface area (Å²) in [5.41, 5.74) is 2.12. The minimum Gasteiger partial charge on any atom is -0.345 e. The molecule has 0 aliphatic rings. The molecule has 1 radical (unpaired) electrons. The van der Waals surface area contributed by atoms with Gasteiger partial charge < -0.3 is 4.98 Å². The number of alkyl halides is 1. The van der Waals surface area contributed by atoms with Crippen molar-refractivity contribution >= 4 is 0 Å². The number of H-pyrrole nitrogens is 1. The van der Waals surface area contributed by atoms with Crippen molar-refractivity contribution in [2.45, 2.75) is 12.8 Å². The molecule has 0 aliphatic heterocycles. The number of rotatable bonds is 4. The molecule has 0 amide bonds. The third-order valence-electron chi connectivity index (χ3n) is 2.28. The fourth-order valence-corrected chi connectivity index (χ4v) is 1.57. The van der Waals surface area contributed by atoms with Gasteiger partial charge in [-0.1, -0.05) is 18.2 Å². The molecule has 0 fully saturated rings. The van der Waals surface area contributed by atoms with E-state index in [2.05, 4.69) is 16.0 Å². The number of hydrogen-bond donors (Lipinski definition) is 1. The molecule has 0 aliphatic carbocycles. The van der Waals surface area contributed by atoms with Crippen molar-refractivity contribution in [3.8, 4) is 11.4 Å². The molecule has 15 heavy (non-hydrogen) atoms. The van der Waals surface area contributed by atoms with Crippen molar-refractivity contribution in [3.63, 3.8) is 0 Å². The Morgan fingerprint density at radius 2 is 2.40 bits per heavy atom. The molecule has 0 saturated heterocycles. The first-order chi connectivity index (χ1) is 7.42. The van der Waals surface area contributed by atoms with Crippen LogP contribution in [-0.2, 0) is 6.42 Å². The molecule has 1 aromatic carbocycles. The quantitative estimate of drug-likeness (QED) is 0.813. The van der Waals surface area contributed by atoms with Gasteiger partial charge in [-0.15, -0.1) is 0 Å². The van der Waals surface area contributed by atoms with Gasteiger partial charge in [0.1, 0.15) is 5.82 Å². The van der Waals surface area contributed by atoms with E-state index in [1.165, 1.54) is 0 Å². The van der Waals surface area contributed by atoms with Gasteiger partial charge in [-0.05, 0) is 24.5 Å². The Balaban J connectivity index is 2.30. The Labute approximate surface area is 88.2 Å². The van der Waals surface area contributed by atoms with E-state index < -0.39 is 0 Å². The molecular weight excluding hydrogens is 191 g/mol. The van der Waals surface area contributed by atoms with E-state index in [9.17, 15) is 4.39 Å². The highest BCUT2D eigenvalue weighted by molar-refractivity contribution is 5.59. The van der Waals surface area contributed by atoms with Crippen LogP contribution in [0.4, 0.5) is 4.39 Å². The van der Waals surface area contributed by atoms with E-state index in [1.807, 2.05) is 18.2 Å². The minimum absolute atomic E-state index is 0.285. The maximum atomic E-state index is 12.1. The molecule has 0 bridgehead atoms. The minimum atomic E-state index is -0.285. The summed E-state index contributed by atoms with van der Waals surface area (Å²) in [5.74, 6) is 0.831. The highest BCUT2D eigenvalue weighted by atomic mass is 19.1. The average Bonchev–Trinajstić information content (AvgIpc) is 2.80. The van der Waals surface area contributed by atoms with Gasteiger partial charge >= 0.3 is 0 Å². The molecule has 1 heterocycles. The van der Waals surface area contributed by atoms with Gasteiger partial charge in [0.15, 0.2) is 0 Å². The molecule has 1 N–H and O–H groups in total. The highest BCUT2D eigenvalue weighted by Crippen LogP contribution is 2.20. The lowest BCUT2D eigenvalue weighted by molar-refractivity contribution is 0.473. The van der Waals surface area contributed by atoms with Crippen molar-refractivity contribution in [3.05, 3.63) is 42.2 Å². The Hall–Kier alpha value is -1.64. The number of nitrogens with one attached hydrogen (secondary N) is 1. The molecule has 2 nitrogen and oxygen atoms in total. The molecule has 77 valence electrons. The zero-order valence-electron chi connectivity index (χ0n) is 8.33. The lowest BCUT2D eigenvalue weighted by Crippen LogP contribution is -1.92. The molecule has 1 aromatic heterocycles. The number of aryl methyl sites for hydroxylation is 1. The fourth-order valence-electron chi connectivity index (χ4n) is 1.57. The number of nitrogens with zero attached hydrogens (tertiary/aromatic N) is 1. The summed E-state index contributed by atoms with van der Waals surface area (Å²) in [5, 5.41) is 0. The van der Waals surface area contributed by atoms with Crippen molar-refractivity contribution < 1.29 is 4.39 Å². The van der Waals surface area contributed by atoms with Crippen LogP contribution < -0.4 is 0 Å². The third-order valence-corrected chi connectivity index (χ3v) is 2.28. The molecule has 0 atom stereocenters. The molecule has 3 heteroatoms. The maximum absolute atomic E-state index is 12.1. The number of benzene rings is 1. The first kappa shape index (κ1) is 9.90. The van der Waals surface area contributed by atoms with Crippen LogP contribution in [-0.4, -0.2) is 16.6 Å². The van der Waals surface area contributed by atoms with Gasteiger partial charge in [0.2, 0.25) is 0 Å². The first-order valence-electron chi connectivity index (χ1n) is 4.96. The Morgan fingerprint density at radius 3 is 3.13 bits per heavy atom. The van der Waals surface area contributed by atoms with Gasteiger partial charge in [-0.2, -0.15) is 0 Å². The van der Waals surface area contributed by atoms with Crippen LogP contribution in [0.5, 0.6) is 0 Å². The van der Waals surface area contributed by atoms with Gasteiger partial charge in [0.05, 0.1) is 6.67 Å². The SMILES string of the molecule is FCCCc1c[c]ccc1-c1ncc[nH]1. The van der Waals surface area contributed by atoms with E-state index in [-0.39, 0.29) is 6.67 Å². The van der Waals surface area contributed by atoms with E-state index >= 15 is 0 Å². The summed E-state index contributed by atoms with van der Waals surface area (Å²) in [6.45, 7) is -0.285. The number of imidazole rings is 1. The second-order valence-electron chi connectivity index (χ2n) is 3.31. The van der Waals surface area contributed by atoms with Crippen LogP contribution in [0, 0.1) is 6.07 Å². The van der Waals surface area contributed by atoms with Crippen molar-refractivity contribution in [2.24, 2.45) is 0 Å². The lowest BCUT2D eigenvalue weighted by Gasteiger charge is -2.05.